The monoisotopic (exact) mass is 464 g/mol. The molecule has 33 heavy (non-hydrogen) atoms. The molecule has 2 aliphatic rings. The van der Waals surface area contributed by atoms with E-state index in [4.69, 9.17) is 9.47 Å². The summed E-state index contributed by atoms with van der Waals surface area (Å²) in [6, 6.07) is -0.136. The summed E-state index contributed by atoms with van der Waals surface area (Å²) in [4.78, 5) is 37.2. The Bertz CT molecular complexity index is 694. The highest BCUT2D eigenvalue weighted by atomic mass is 16.6. The molecule has 186 valence electrons. The topological polar surface area (TPSA) is 109 Å². The number of urea groups is 1. The summed E-state index contributed by atoms with van der Waals surface area (Å²) in [6.45, 7) is 4.62. The lowest BCUT2D eigenvalue weighted by Gasteiger charge is -2.29. The molecule has 2 atom stereocenters. The van der Waals surface area contributed by atoms with Crippen LogP contribution in [0.4, 0.5) is 14.4 Å². The quantitative estimate of drug-likeness (QED) is 0.405. The van der Waals surface area contributed by atoms with Crippen molar-refractivity contribution in [2.45, 2.75) is 51.9 Å². The van der Waals surface area contributed by atoms with E-state index in [1.807, 2.05) is 6.08 Å². The van der Waals surface area contributed by atoms with E-state index >= 15 is 0 Å². The Morgan fingerprint density at radius 2 is 1.73 bits per heavy atom. The van der Waals surface area contributed by atoms with E-state index in [9.17, 15) is 14.4 Å². The Labute approximate surface area is 197 Å². The van der Waals surface area contributed by atoms with E-state index in [1.54, 1.807) is 18.9 Å². The number of rotatable bonds is 11. The Morgan fingerprint density at radius 3 is 2.36 bits per heavy atom. The normalized spacial score (nSPS) is 19.8. The fourth-order valence-corrected chi connectivity index (χ4v) is 4.14. The van der Waals surface area contributed by atoms with Crippen LogP contribution in [0, 0.1) is 11.8 Å². The number of carbonyl (C=O) groups is 3. The average Bonchev–Trinajstić information content (AvgIpc) is 2.83. The summed E-state index contributed by atoms with van der Waals surface area (Å²) in [5, 5.41) is 8.55. The number of nitrogens with one attached hydrogen (secondary N) is 3. The van der Waals surface area contributed by atoms with Gasteiger partial charge in [0.05, 0.1) is 13.2 Å². The van der Waals surface area contributed by atoms with Crippen LogP contribution in [0.5, 0.6) is 0 Å². The van der Waals surface area contributed by atoms with Gasteiger partial charge in [0.2, 0.25) is 0 Å². The lowest BCUT2D eigenvalue weighted by Crippen LogP contribution is -2.39. The van der Waals surface area contributed by atoms with Crippen molar-refractivity contribution in [2.24, 2.45) is 11.8 Å². The minimum Gasteiger partial charge on any atom is -0.450 e. The molecular formula is C24H40N4O5. The highest BCUT2D eigenvalue weighted by Gasteiger charge is 2.23. The largest absolute Gasteiger partial charge is 0.450 e. The standard InChI is InChI=1S/C24H40N4O5/c1-3-32-23(30)26-17-20-11-7-12-21(15-20)18-27-24(31)33-14-8-13-28(2)22(29)25-16-19-9-5-4-6-10-19/h5,9-10,20-21H,3-4,6-8,11-18H2,1-2H3,(H,25,29)(H,26,30)(H,27,31). The van der Waals surface area contributed by atoms with Gasteiger partial charge in [-0.2, -0.15) is 0 Å². The zero-order valence-corrected chi connectivity index (χ0v) is 20.1. The second kappa shape index (κ2) is 15.2. The van der Waals surface area contributed by atoms with E-state index in [1.165, 1.54) is 0 Å². The van der Waals surface area contributed by atoms with Crippen molar-refractivity contribution in [1.29, 1.82) is 0 Å². The third-order valence-electron chi connectivity index (χ3n) is 5.97. The lowest BCUT2D eigenvalue weighted by molar-refractivity contribution is 0.136. The van der Waals surface area contributed by atoms with E-state index < -0.39 is 6.09 Å². The van der Waals surface area contributed by atoms with Crippen LogP contribution in [0.1, 0.15) is 51.9 Å². The van der Waals surface area contributed by atoms with Gasteiger partial charge in [0, 0.05) is 33.2 Å². The molecule has 1 saturated carbocycles. The maximum absolute atomic E-state index is 12.1. The molecule has 2 rings (SSSR count). The maximum atomic E-state index is 12.1. The van der Waals surface area contributed by atoms with Crippen molar-refractivity contribution < 1.29 is 23.9 Å². The van der Waals surface area contributed by atoms with Crippen LogP contribution in [0.15, 0.2) is 23.8 Å². The first-order valence-corrected chi connectivity index (χ1v) is 12.1. The number of ether oxygens (including phenoxy) is 2. The van der Waals surface area contributed by atoms with Crippen LogP contribution in [-0.4, -0.2) is 69.6 Å². The summed E-state index contributed by atoms with van der Waals surface area (Å²) < 4.78 is 10.1. The van der Waals surface area contributed by atoms with Gasteiger partial charge in [-0.25, -0.2) is 14.4 Å². The molecule has 0 saturated heterocycles. The molecular weight excluding hydrogens is 424 g/mol. The number of hydrogen-bond acceptors (Lipinski definition) is 5. The Balaban J connectivity index is 1.52. The number of allylic oxidation sites excluding steroid dienone is 2. The smallest absolute Gasteiger partial charge is 0.407 e. The molecule has 0 aromatic heterocycles. The summed E-state index contributed by atoms with van der Waals surface area (Å²) in [5.74, 6) is 0.780. The van der Waals surface area contributed by atoms with Crippen molar-refractivity contribution in [1.82, 2.24) is 20.9 Å². The SMILES string of the molecule is CCOC(=O)NCC1CCCC(CNC(=O)OCCCN(C)C(=O)NCC2=CCCC=C2)C1. The van der Waals surface area contributed by atoms with Crippen LogP contribution in [0.3, 0.4) is 0 Å². The van der Waals surface area contributed by atoms with Crippen LogP contribution < -0.4 is 16.0 Å². The second-order valence-corrected chi connectivity index (χ2v) is 8.71. The molecule has 0 aromatic carbocycles. The fourth-order valence-electron chi connectivity index (χ4n) is 4.14. The van der Waals surface area contributed by atoms with Gasteiger partial charge in [0.15, 0.2) is 0 Å². The zero-order chi connectivity index (χ0) is 23.9. The first-order chi connectivity index (χ1) is 16.0. The molecule has 4 amide bonds. The zero-order valence-electron chi connectivity index (χ0n) is 20.1. The Hall–Kier alpha value is -2.71. The molecule has 0 radical (unpaired) electrons. The van der Waals surface area contributed by atoms with Crippen LogP contribution in [0.2, 0.25) is 0 Å². The molecule has 9 heteroatoms. The molecule has 0 bridgehead atoms. The van der Waals surface area contributed by atoms with E-state index in [-0.39, 0.29) is 18.7 Å². The first-order valence-electron chi connectivity index (χ1n) is 12.1. The van der Waals surface area contributed by atoms with E-state index in [0.717, 1.165) is 44.1 Å². The van der Waals surface area contributed by atoms with Crippen molar-refractivity contribution in [3.05, 3.63) is 23.8 Å². The highest BCUT2D eigenvalue weighted by molar-refractivity contribution is 5.74. The van der Waals surface area contributed by atoms with Gasteiger partial charge >= 0.3 is 18.2 Å². The third-order valence-corrected chi connectivity index (χ3v) is 5.97. The van der Waals surface area contributed by atoms with Gasteiger partial charge < -0.3 is 30.3 Å². The predicted molar refractivity (Wildman–Crippen MR) is 127 cm³/mol. The Morgan fingerprint density at radius 1 is 1.03 bits per heavy atom. The van der Waals surface area contributed by atoms with Gasteiger partial charge in [-0.1, -0.05) is 24.6 Å². The van der Waals surface area contributed by atoms with Gasteiger partial charge in [0.25, 0.3) is 0 Å². The van der Waals surface area contributed by atoms with Gasteiger partial charge in [-0.05, 0) is 62.9 Å². The minimum atomic E-state index is -0.426. The molecule has 0 aromatic rings. The number of alkyl carbamates (subject to hydrolysis) is 2. The second-order valence-electron chi connectivity index (χ2n) is 8.71. The molecule has 1 fully saturated rings. The van der Waals surface area contributed by atoms with Crippen LogP contribution in [-0.2, 0) is 9.47 Å². The van der Waals surface area contributed by atoms with Gasteiger partial charge in [0.1, 0.15) is 0 Å². The Kier molecular flexibility index (Phi) is 12.2. The molecule has 0 heterocycles. The third kappa shape index (κ3) is 11.1. The van der Waals surface area contributed by atoms with Crippen molar-refractivity contribution >= 4 is 18.2 Å². The summed E-state index contributed by atoms with van der Waals surface area (Å²) in [5.41, 5.74) is 1.13. The molecule has 0 spiro atoms. The molecule has 2 aliphatic carbocycles. The average molecular weight is 465 g/mol. The van der Waals surface area contributed by atoms with Crippen LogP contribution >= 0.6 is 0 Å². The summed E-state index contributed by atoms with van der Waals surface area (Å²) in [6.07, 6.45) is 12.3. The molecule has 9 nitrogen and oxygen atoms in total. The lowest BCUT2D eigenvalue weighted by atomic mass is 9.81. The molecule has 0 aliphatic heterocycles. The molecule has 2 unspecified atom stereocenters. The fraction of sp³-hybridized carbons (Fsp3) is 0.708. The number of amides is 4. The van der Waals surface area contributed by atoms with Gasteiger partial charge in [-0.15, -0.1) is 0 Å². The maximum Gasteiger partial charge on any atom is 0.407 e. The minimum absolute atomic E-state index is 0.136. The van der Waals surface area contributed by atoms with Crippen molar-refractivity contribution in [3.8, 4) is 0 Å². The van der Waals surface area contributed by atoms with Crippen molar-refractivity contribution in [2.75, 3.05) is 46.4 Å². The predicted octanol–water partition coefficient (Wildman–Crippen LogP) is 3.57. The van der Waals surface area contributed by atoms with E-state index in [2.05, 4.69) is 28.1 Å². The highest BCUT2D eigenvalue weighted by Crippen LogP contribution is 2.28. The number of nitrogens with zero attached hydrogens (tertiary/aromatic N) is 1. The van der Waals surface area contributed by atoms with E-state index in [0.29, 0.717) is 51.0 Å². The summed E-state index contributed by atoms with van der Waals surface area (Å²) in [7, 11) is 1.73. The summed E-state index contributed by atoms with van der Waals surface area (Å²) >= 11 is 0. The van der Waals surface area contributed by atoms with Crippen molar-refractivity contribution in [3.63, 3.8) is 0 Å². The number of carbonyl (C=O) groups excluding carboxylic acids is 3. The van der Waals surface area contributed by atoms with Gasteiger partial charge in [-0.3, -0.25) is 0 Å². The number of hydrogen-bond donors (Lipinski definition) is 3. The molecule has 3 N–H and O–H groups in total. The van der Waals surface area contributed by atoms with Crippen LogP contribution in [0.25, 0.3) is 0 Å². The first kappa shape index (κ1) is 26.5.